The summed E-state index contributed by atoms with van der Waals surface area (Å²) in [5.41, 5.74) is 0.214. The molecule has 5 nitrogen and oxygen atoms in total. The number of hydrogen-bond acceptors (Lipinski definition) is 3. The van der Waals surface area contributed by atoms with E-state index in [1.54, 1.807) is 13.8 Å². The molecule has 0 unspecified atom stereocenters. The molecule has 1 heterocycles. The molecular weight excluding hydrogens is 249 g/mol. The number of nitrogens with zero attached hydrogens (tertiary/aromatic N) is 1. The van der Waals surface area contributed by atoms with E-state index in [4.69, 9.17) is 0 Å². The van der Waals surface area contributed by atoms with Gasteiger partial charge in [0.2, 0.25) is 0 Å². The SMILES string of the molecule is Cc1nc(C)c(C(=O)Nc2ccc(F)cc2)c(=O)[nH]1. The molecule has 0 bridgehead atoms. The lowest BCUT2D eigenvalue weighted by molar-refractivity contribution is 0.102. The zero-order chi connectivity index (χ0) is 14.0. The van der Waals surface area contributed by atoms with E-state index in [0.29, 0.717) is 17.2 Å². The molecule has 1 aromatic carbocycles. The number of anilines is 1. The van der Waals surface area contributed by atoms with Crippen LogP contribution < -0.4 is 10.9 Å². The van der Waals surface area contributed by atoms with E-state index in [9.17, 15) is 14.0 Å². The van der Waals surface area contributed by atoms with Gasteiger partial charge in [0, 0.05) is 5.69 Å². The molecule has 0 spiro atoms. The molecule has 0 aliphatic rings. The number of rotatable bonds is 2. The van der Waals surface area contributed by atoms with Crippen LogP contribution in [0, 0.1) is 19.7 Å². The van der Waals surface area contributed by atoms with E-state index < -0.39 is 17.3 Å². The zero-order valence-electron chi connectivity index (χ0n) is 10.5. The zero-order valence-corrected chi connectivity index (χ0v) is 10.5. The Morgan fingerprint density at radius 2 is 1.89 bits per heavy atom. The van der Waals surface area contributed by atoms with E-state index in [0.717, 1.165) is 0 Å². The van der Waals surface area contributed by atoms with Gasteiger partial charge in [-0.05, 0) is 38.1 Å². The standard InChI is InChI=1S/C13H12FN3O2/c1-7-11(12(18)16-8(2)15-7)13(19)17-10-5-3-9(14)4-6-10/h3-6H,1-2H3,(H,17,19)(H,15,16,18). The highest BCUT2D eigenvalue weighted by atomic mass is 19.1. The molecule has 2 N–H and O–H groups in total. The van der Waals surface area contributed by atoms with Gasteiger partial charge in [0.15, 0.2) is 0 Å². The first-order valence-electron chi connectivity index (χ1n) is 5.62. The lowest BCUT2D eigenvalue weighted by atomic mass is 10.2. The number of amides is 1. The van der Waals surface area contributed by atoms with Crippen molar-refractivity contribution in [3.63, 3.8) is 0 Å². The lowest BCUT2D eigenvalue weighted by Gasteiger charge is -2.07. The Labute approximate surface area is 108 Å². The Balaban J connectivity index is 2.30. The predicted octanol–water partition coefficient (Wildman–Crippen LogP) is 1.78. The van der Waals surface area contributed by atoms with Crippen molar-refractivity contribution in [3.05, 3.63) is 57.5 Å². The topological polar surface area (TPSA) is 74.8 Å². The van der Waals surface area contributed by atoms with Gasteiger partial charge in [0.25, 0.3) is 11.5 Å². The summed E-state index contributed by atoms with van der Waals surface area (Å²) in [6, 6.07) is 5.27. The summed E-state index contributed by atoms with van der Waals surface area (Å²) >= 11 is 0. The van der Waals surface area contributed by atoms with E-state index in [2.05, 4.69) is 15.3 Å². The van der Waals surface area contributed by atoms with Crippen LogP contribution in [0.4, 0.5) is 10.1 Å². The maximum Gasteiger partial charge on any atom is 0.264 e. The number of hydrogen-bond donors (Lipinski definition) is 2. The number of nitrogens with one attached hydrogen (secondary N) is 2. The van der Waals surface area contributed by atoms with Crippen molar-refractivity contribution in [2.75, 3.05) is 5.32 Å². The van der Waals surface area contributed by atoms with Crippen LogP contribution in [0.25, 0.3) is 0 Å². The van der Waals surface area contributed by atoms with Crippen LogP contribution in [0.5, 0.6) is 0 Å². The molecule has 0 aliphatic carbocycles. The Kier molecular flexibility index (Phi) is 3.41. The van der Waals surface area contributed by atoms with Gasteiger partial charge in [-0.3, -0.25) is 9.59 Å². The van der Waals surface area contributed by atoms with Crippen molar-refractivity contribution in [3.8, 4) is 0 Å². The van der Waals surface area contributed by atoms with E-state index in [1.165, 1.54) is 24.3 Å². The highest BCUT2D eigenvalue weighted by molar-refractivity contribution is 6.04. The number of H-pyrrole nitrogens is 1. The van der Waals surface area contributed by atoms with E-state index >= 15 is 0 Å². The minimum atomic E-state index is -0.571. The number of carbonyl (C=O) groups excluding carboxylic acids is 1. The van der Waals surface area contributed by atoms with Gasteiger partial charge in [-0.15, -0.1) is 0 Å². The molecule has 1 aromatic heterocycles. The van der Waals surface area contributed by atoms with Crippen molar-refractivity contribution in [1.29, 1.82) is 0 Å². The average molecular weight is 261 g/mol. The minimum absolute atomic E-state index is 0.0464. The number of aryl methyl sites for hydroxylation is 2. The molecule has 2 aromatic rings. The third kappa shape index (κ3) is 2.85. The summed E-state index contributed by atoms with van der Waals surface area (Å²) in [5, 5.41) is 2.52. The first-order chi connectivity index (χ1) is 8.97. The Morgan fingerprint density at radius 3 is 2.47 bits per heavy atom. The van der Waals surface area contributed by atoms with Crippen LogP contribution in [0.3, 0.4) is 0 Å². The van der Waals surface area contributed by atoms with Gasteiger partial charge in [-0.25, -0.2) is 9.37 Å². The first-order valence-corrected chi connectivity index (χ1v) is 5.62. The van der Waals surface area contributed by atoms with Crippen molar-refractivity contribution >= 4 is 11.6 Å². The summed E-state index contributed by atoms with van der Waals surface area (Å²) in [7, 11) is 0. The molecule has 98 valence electrons. The number of carbonyl (C=O) groups is 1. The molecule has 0 saturated carbocycles. The second kappa shape index (κ2) is 5.01. The van der Waals surface area contributed by atoms with Crippen molar-refractivity contribution < 1.29 is 9.18 Å². The van der Waals surface area contributed by atoms with E-state index in [1.807, 2.05) is 0 Å². The lowest BCUT2D eigenvalue weighted by Crippen LogP contribution is -2.26. The molecule has 19 heavy (non-hydrogen) atoms. The fraction of sp³-hybridized carbons (Fsp3) is 0.154. The highest BCUT2D eigenvalue weighted by Gasteiger charge is 2.15. The fourth-order valence-electron chi connectivity index (χ4n) is 1.72. The first kappa shape index (κ1) is 12.9. The number of halogens is 1. The summed E-state index contributed by atoms with van der Waals surface area (Å²) in [4.78, 5) is 30.2. The van der Waals surface area contributed by atoms with Gasteiger partial charge in [0.05, 0.1) is 5.69 Å². The summed E-state index contributed by atoms with van der Waals surface area (Å²) in [6.45, 7) is 3.22. The molecule has 2 rings (SSSR count). The predicted molar refractivity (Wildman–Crippen MR) is 68.7 cm³/mol. The van der Waals surface area contributed by atoms with Gasteiger partial charge in [0.1, 0.15) is 17.2 Å². The number of benzene rings is 1. The Bertz CT molecular complexity index is 677. The number of aromatic amines is 1. The van der Waals surface area contributed by atoms with Crippen LogP contribution >= 0.6 is 0 Å². The molecule has 0 aliphatic heterocycles. The van der Waals surface area contributed by atoms with Gasteiger partial charge >= 0.3 is 0 Å². The summed E-state index contributed by atoms with van der Waals surface area (Å²) in [6.07, 6.45) is 0. The molecule has 0 fully saturated rings. The summed E-state index contributed by atoms with van der Waals surface area (Å²) in [5.74, 6) is -0.525. The minimum Gasteiger partial charge on any atom is -0.322 e. The van der Waals surface area contributed by atoms with Crippen molar-refractivity contribution in [2.45, 2.75) is 13.8 Å². The quantitative estimate of drug-likeness (QED) is 0.865. The van der Waals surface area contributed by atoms with Crippen LogP contribution in [-0.2, 0) is 0 Å². The molecule has 0 saturated heterocycles. The van der Waals surface area contributed by atoms with Crippen molar-refractivity contribution in [2.24, 2.45) is 0 Å². The molecule has 1 amide bonds. The monoisotopic (exact) mass is 261 g/mol. The smallest absolute Gasteiger partial charge is 0.264 e. The molecule has 0 atom stereocenters. The third-order valence-corrected chi connectivity index (χ3v) is 2.55. The molecule has 6 heteroatoms. The van der Waals surface area contributed by atoms with Crippen LogP contribution in [-0.4, -0.2) is 15.9 Å². The maximum absolute atomic E-state index is 12.7. The molecule has 0 radical (unpaired) electrons. The van der Waals surface area contributed by atoms with Crippen molar-refractivity contribution in [1.82, 2.24) is 9.97 Å². The van der Waals surface area contributed by atoms with Crippen LogP contribution in [0.2, 0.25) is 0 Å². The number of aromatic nitrogens is 2. The van der Waals surface area contributed by atoms with Gasteiger partial charge < -0.3 is 10.3 Å². The van der Waals surface area contributed by atoms with E-state index in [-0.39, 0.29) is 5.56 Å². The fourth-order valence-corrected chi connectivity index (χ4v) is 1.72. The Hall–Kier alpha value is -2.50. The molecular formula is C13H12FN3O2. The largest absolute Gasteiger partial charge is 0.322 e. The Morgan fingerprint density at radius 1 is 1.26 bits per heavy atom. The normalized spacial score (nSPS) is 10.3. The van der Waals surface area contributed by atoms with Crippen LogP contribution in [0.1, 0.15) is 21.9 Å². The highest BCUT2D eigenvalue weighted by Crippen LogP contribution is 2.10. The maximum atomic E-state index is 12.7. The van der Waals surface area contributed by atoms with Crippen LogP contribution in [0.15, 0.2) is 29.1 Å². The summed E-state index contributed by atoms with van der Waals surface area (Å²) < 4.78 is 12.7. The second-order valence-corrected chi connectivity index (χ2v) is 4.07. The van der Waals surface area contributed by atoms with Gasteiger partial charge in [-0.1, -0.05) is 0 Å². The van der Waals surface area contributed by atoms with Gasteiger partial charge in [-0.2, -0.15) is 0 Å². The second-order valence-electron chi connectivity index (χ2n) is 4.07. The third-order valence-electron chi connectivity index (χ3n) is 2.55. The average Bonchev–Trinajstić information content (AvgIpc) is 2.30.